The van der Waals surface area contributed by atoms with Crippen LogP contribution in [0.25, 0.3) is 10.9 Å². The highest BCUT2D eigenvalue weighted by Crippen LogP contribution is 2.25. The van der Waals surface area contributed by atoms with Crippen molar-refractivity contribution < 1.29 is 10.0 Å². The molecule has 0 bridgehead atoms. The molecule has 2 aromatic rings. The zero-order valence-corrected chi connectivity index (χ0v) is 12.0. The third-order valence-corrected chi connectivity index (χ3v) is 3.15. The number of nitrogens with one attached hydrogen (secondary N) is 1. The summed E-state index contributed by atoms with van der Waals surface area (Å²) in [5.74, 6) is 0.917. The highest BCUT2D eigenvalue weighted by Gasteiger charge is 2.14. The van der Waals surface area contributed by atoms with E-state index in [0.29, 0.717) is 22.6 Å². The number of non-ortho nitro benzene ring substituents is 1. The minimum atomic E-state index is -0.451. The van der Waals surface area contributed by atoms with Gasteiger partial charge in [-0.15, -0.1) is 0 Å². The molecule has 7 heteroatoms. The largest absolute Gasteiger partial charge is 0.394 e. The Kier molecular flexibility index (Phi) is 4.64. The van der Waals surface area contributed by atoms with Crippen LogP contribution in [0.15, 0.2) is 24.5 Å². The zero-order chi connectivity index (χ0) is 15.4. The van der Waals surface area contributed by atoms with Crippen LogP contribution in [-0.2, 0) is 0 Å². The standard InChI is InChI=1S/C14H18N4O3/c1-9(2)5-10(7-19)17-14-12-6-11(18(20)21)3-4-13(12)15-8-16-14/h3-4,6,8-10,19H,5,7H2,1-2H3,(H,15,16,17). The number of aliphatic hydroxyl groups excluding tert-OH is 1. The average molecular weight is 290 g/mol. The number of hydrogen-bond donors (Lipinski definition) is 2. The van der Waals surface area contributed by atoms with Crippen molar-refractivity contribution in [2.45, 2.75) is 26.3 Å². The van der Waals surface area contributed by atoms with Gasteiger partial charge in [0.1, 0.15) is 12.1 Å². The lowest BCUT2D eigenvalue weighted by Crippen LogP contribution is -2.26. The maximum absolute atomic E-state index is 10.9. The van der Waals surface area contributed by atoms with Crippen molar-refractivity contribution >= 4 is 22.4 Å². The van der Waals surface area contributed by atoms with Gasteiger partial charge in [0.2, 0.25) is 0 Å². The molecule has 1 aromatic carbocycles. The molecule has 1 heterocycles. The number of nitrogens with zero attached hydrogens (tertiary/aromatic N) is 3. The van der Waals surface area contributed by atoms with Gasteiger partial charge in [-0.1, -0.05) is 13.8 Å². The Balaban J connectivity index is 2.38. The van der Waals surface area contributed by atoms with Crippen molar-refractivity contribution in [3.63, 3.8) is 0 Å². The Labute approximate surface area is 122 Å². The van der Waals surface area contributed by atoms with Gasteiger partial charge in [0.15, 0.2) is 0 Å². The van der Waals surface area contributed by atoms with Crippen LogP contribution in [0.1, 0.15) is 20.3 Å². The van der Waals surface area contributed by atoms with Gasteiger partial charge in [-0.05, 0) is 18.4 Å². The number of rotatable bonds is 6. The second kappa shape index (κ2) is 6.45. The molecular weight excluding hydrogens is 272 g/mol. The zero-order valence-electron chi connectivity index (χ0n) is 12.0. The number of hydrogen-bond acceptors (Lipinski definition) is 6. The maximum atomic E-state index is 10.9. The minimum Gasteiger partial charge on any atom is -0.394 e. The molecule has 0 saturated heterocycles. The quantitative estimate of drug-likeness (QED) is 0.625. The van der Waals surface area contributed by atoms with Crippen molar-refractivity contribution in [3.05, 3.63) is 34.6 Å². The fourth-order valence-corrected chi connectivity index (χ4v) is 2.21. The van der Waals surface area contributed by atoms with Crippen LogP contribution in [0, 0.1) is 16.0 Å². The summed E-state index contributed by atoms with van der Waals surface area (Å²) in [6, 6.07) is 4.30. The monoisotopic (exact) mass is 290 g/mol. The van der Waals surface area contributed by atoms with Crippen molar-refractivity contribution in [1.29, 1.82) is 0 Å². The van der Waals surface area contributed by atoms with E-state index in [1.54, 1.807) is 6.07 Å². The molecule has 1 atom stereocenters. The normalized spacial score (nSPS) is 12.6. The van der Waals surface area contributed by atoms with E-state index in [1.807, 2.05) is 0 Å². The van der Waals surface area contributed by atoms with Crippen molar-refractivity contribution in [3.8, 4) is 0 Å². The van der Waals surface area contributed by atoms with E-state index in [0.717, 1.165) is 6.42 Å². The van der Waals surface area contributed by atoms with Gasteiger partial charge < -0.3 is 10.4 Å². The molecule has 0 spiro atoms. The Bertz CT molecular complexity index is 645. The first-order valence-electron chi connectivity index (χ1n) is 6.77. The summed E-state index contributed by atoms with van der Waals surface area (Å²) in [4.78, 5) is 18.7. The smallest absolute Gasteiger partial charge is 0.270 e. The summed E-state index contributed by atoms with van der Waals surface area (Å²) in [6.07, 6.45) is 2.18. The Morgan fingerprint density at radius 1 is 1.38 bits per heavy atom. The number of aliphatic hydroxyl groups is 1. The van der Waals surface area contributed by atoms with Crippen molar-refractivity contribution in [1.82, 2.24) is 9.97 Å². The summed E-state index contributed by atoms with van der Waals surface area (Å²) in [5.41, 5.74) is 0.615. The van der Waals surface area contributed by atoms with Gasteiger partial charge in [0.25, 0.3) is 5.69 Å². The van der Waals surface area contributed by atoms with Gasteiger partial charge in [-0.25, -0.2) is 9.97 Å². The second-order valence-electron chi connectivity index (χ2n) is 5.33. The minimum absolute atomic E-state index is 0.00948. The fraction of sp³-hybridized carbons (Fsp3) is 0.429. The van der Waals surface area contributed by atoms with Crippen LogP contribution in [0.5, 0.6) is 0 Å². The number of fused-ring (bicyclic) bond motifs is 1. The van der Waals surface area contributed by atoms with Crippen LogP contribution in [0.3, 0.4) is 0 Å². The van der Waals surface area contributed by atoms with E-state index in [4.69, 9.17) is 0 Å². The van der Waals surface area contributed by atoms with E-state index in [2.05, 4.69) is 29.1 Å². The predicted molar refractivity (Wildman–Crippen MR) is 80.1 cm³/mol. The number of nitro groups is 1. The molecule has 2 N–H and O–H groups in total. The van der Waals surface area contributed by atoms with Crippen LogP contribution < -0.4 is 5.32 Å². The van der Waals surface area contributed by atoms with E-state index in [9.17, 15) is 15.2 Å². The van der Waals surface area contributed by atoms with E-state index in [1.165, 1.54) is 18.5 Å². The van der Waals surface area contributed by atoms with E-state index in [-0.39, 0.29) is 18.3 Å². The second-order valence-corrected chi connectivity index (χ2v) is 5.33. The number of nitro benzene ring substituents is 1. The predicted octanol–water partition coefficient (Wildman–Crippen LogP) is 2.36. The number of anilines is 1. The molecule has 21 heavy (non-hydrogen) atoms. The molecule has 2 rings (SSSR count). The van der Waals surface area contributed by atoms with Gasteiger partial charge in [-0.3, -0.25) is 10.1 Å². The molecule has 0 saturated carbocycles. The van der Waals surface area contributed by atoms with Gasteiger partial charge in [0, 0.05) is 17.5 Å². The summed E-state index contributed by atoms with van der Waals surface area (Å²) < 4.78 is 0. The topological polar surface area (TPSA) is 101 Å². The molecule has 0 aliphatic heterocycles. The van der Waals surface area contributed by atoms with E-state index >= 15 is 0 Å². The molecule has 0 radical (unpaired) electrons. The van der Waals surface area contributed by atoms with Gasteiger partial charge in [-0.2, -0.15) is 0 Å². The first-order valence-corrected chi connectivity index (χ1v) is 6.77. The van der Waals surface area contributed by atoms with Crippen molar-refractivity contribution in [2.75, 3.05) is 11.9 Å². The number of aromatic nitrogens is 2. The van der Waals surface area contributed by atoms with Gasteiger partial charge in [0.05, 0.1) is 23.1 Å². The lowest BCUT2D eigenvalue weighted by molar-refractivity contribution is -0.384. The van der Waals surface area contributed by atoms with Crippen LogP contribution >= 0.6 is 0 Å². The average Bonchev–Trinajstić information content (AvgIpc) is 2.45. The molecule has 1 unspecified atom stereocenters. The molecule has 0 aliphatic carbocycles. The lowest BCUT2D eigenvalue weighted by Gasteiger charge is -2.19. The molecule has 0 aliphatic rings. The Morgan fingerprint density at radius 2 is 2.14 bits per heavy atom. The molecular formula is C14H18N4O3. The van der Waals surface area contributed by atoms with Gasteiger partial charge >= 0.3 is 0 Å². The molecule has 112 valence electrons. The first-order chi connectivity index (χ1) is 10.0. The molecule has 0 amide bonds. The summed E-state index contributed by atoms with van der Waals surface area (Å²) >= 11 is 0. The van der Waals surface area contributed by atoms with E-state index < -0.39 is 4.92 Å². The van der Waals surface area contributed by atoms with Crippen LogP contribution in [0.4, 0.5) is 11.5 Å². The SMILES string of the molecule is CC(C)CC(CO)Nc1ncnc2ccc([N+](=O)[O-])cc12. The molecule has 0 fully saturated rings. The summed E-state index contributed by atoms with van der Waals surface area (Å²) in [6.45, 7) is 4.10. The third-order valence-electron chi connectivity index (χ3n) is 3.15. The summed E-state index contributed by atoms with van der Waals surface area (Å²) in [5, 5.41) is 24.0. The molecule has 1 aromatic heterocycles. The lowest BCUT2D eigenvalue weighted by atomic mass is 10.0. The fourth-order valence-electron chi connectivity index (χ4n) is 2.21. The Morgan fingerprint density at radius 3 is 2.76 bits per heavy atom. The summed E-state index contributed by atoms with van der Waals surface area (Å²) in [7, 11) is 0. The highest BCUT2D eigenvalue weighted by molar-refractivity contribution is 5.90. The van der Waals surface area contributed by atoms with Crippen molar-refractivity contribution in [2.24, 2.45) is 5.92 Å². The van der Waals surface area contributed by atoms with Crippen LogP contribution in [-0.4, -0.2) is 32.6 Å². The number of benzene rings is 1. The maximum Gasteiger partial charge on any atom is 0.270 e. The van der Waals surface area contributed by atoms with Crippen LogP contribution in [0.2, 0.25) is 0 Å². The third kappa shape index (κ3) is 3.63. The molecule has 7 nitrogen and oxygen atoms in total. The first kappa shape index (κ1) is 15.1. The Hall–Kier alpha value is -2.28. The highest BCUT2D eigenvalue weighted by atomic mass is 16.6.